The molecule has 2 rings (SSSR count). The number of phenolic OH excluding ortho intramolecular Hbond substituents is 1. The van der Waals surface area contributed by atoms with Gasteiger partial charge in [0.15, 0.2) is 6.61 Å². The molecule has 1 aliphatic heterocycles. The molecule has 1 heterocycles. The lowest BCUT2D eigenvalue weighted by Gasteiger charge is -2.45. The molecule has 1 fully saturated rings. The fraction of sp³-hybridized carbons (Fsp3) is 0.588. The number of ether oxygens (including phenoxy) is 2. The van der Waals surface area contributed by atoms with Crippen molar-refractivity contribution in [3.63, 3.8) is 0 Å². The van der Waals surface area contributed by atoms with E-state index in [1.54, 1.807) is 18.2 Å². The molecule has 1 saturated heterocycles. The number of hydrogen-bond donors (Lipinski definition) is 2. The van der Waals surface area contributed by atoms with Crippen molar-refractivity contribution in [2.24, 2.45) is 0 Å². The zero-order chi connectivity index (χ0) is 16.4. The first-order valence-electron chi connectivity index (χ1n) is 7.56. The van der Waals surface area contributed by atoms with E-state index in [0.29, 0.717) is 5.75 Å². The Bertz CT molecular complexity index is 523. The minimum atomic E-state index is -0.387. The Morgan fingerprint density at radius 1 is 1.27 bits per heavy atom. The highest BCUT2D eigenvalue weighted by Crippen LogP contribution is 2.30. The Hall–Kier alpha value is -1.75. The monoisotopic (exact) mass is 307 g/mol. The lowest BCUT2D eigenvalue weighted by atomic mass is 9.81. The Balaban J connectivity index is 1.86. The molecule has 0 unspecified atom stereocenters. The normalized spacial score (nSPS) is 20.4. The molecule has 1 aromatic carbocycles. The second-order valence-corrected chi connectivity index (χ2v) is 7.20. The van der Waals surface area contributed by atoms with Gasteiger partial charge >= 0.3 is 5.97 Å². The number of carbonyl (C=O) groups is 1. The number of hydrogen-bond acceptors (Lipinski definition) is 5. The van der Waals surface area contributed by atoms with Gasteiger partial charge in [0.1, 0.15) is 17.6 Å². The van der Waals surface area contributed by atoms with Gasteiger partial charge in [-0.15, -0.1) is 0 Å². The third kappa shape index (κ3) is 4.91. The summed E-state index contributed by atoms with van der Waals surface area (Å²) in [5.74, 6) is 0.164. The molecule has 0 radical (unpaired) electrons. The first-order valence-corrected chi connectivity index (χ1v) is 7.56. The lowest BCUT2D eigenvalue weighted by Crippen LogP contribution is -2.59. The number of rotatable bonds is 4. The molecule has 22 heavy (non-hydrogen) atoms. The van der Waals surface area contributed by atoms with Gasteiger partial charge in [0.25, 0.3) is 0 Å². The van der Waals surface area contributed by atoms with Crippen molar-refractivity contribution in [3.05, 3.63) is 24.3 Å². The van der Waals surface area contributed by atoms with Crippen molar-refractivity contribution in [1.29, 1.82) is 0 Å². The fourth-order valence-electron chi connectivity index (χ4n) is 3.25. The molecule has 0 amide bonds. The summed E-state index contributed by atoms with van der Waals surface area (Å²) in [6, 6.07) is 6.35. The van der Waals surface area contributed by atoms with Crippen molar-refractivity contribution in [1.82, 2.24) is 5.32 Å². The van der Waals surface area contributed by atoms with E-state index in [-0.39, 0.29) is 35.5 Å². The number of piperidine rings is 1. The van der Waals surface area contributed by atoms with Gasteiger partial charge in [0, 0.05) is 30.0 Å². The fourth-order valence-corrected chi connectivity index (χ4v) is 3.25. The van der Waals surface area contributed by atoms with E-state index < -0.39 is 0 Å². The molecule has 0 aliphatic carbocycles. The number of esters is 1. The second-order valence-electron chi connectivity index (χ2n) is 7.20. The van der Waals surface area contributed by atoms with Crippen LogP contribution in [0.25, 0.3) is 0 Å². The zero-order valence-corrected chi connectivity index (χ0v) is 13.7. The van der Waals surface area contributed by atoms with E-state index in [1.165, 1.54) is 6.07 Å². The van der Waals surface area contributed by atoms with Gasteiger partial charge in [-0.25, -0.2) is 4.79 Å². The Morgan fingerprint density at radius 3 is 2.50 bits per heavy atom. The topological polar surface area (TPSA) is 67.8 Å². The molecule has 1 aliphatic rings. The van der Waals surface area contributed by atoms with Crippen molar-refractivity contribution in [3.8, 4) is 11.5 Å². The van der Waals surface area contributed by atoms with Crippen molar-refractivity contribution in [2.75, 3.05) is 6.61 Å². The largest absolute Gasteiger partial charge is 0.508 e. The second kappa shape index (κ2) is 6.16. The average Bonchev–Trinajstić information content (AvgIpc) is 2.32. The van der Waals surface area contributed by atoms with Gasteiger partial charge in [-0.2, -0.15) is 0 Å². The predicted octanol–water partition coefficient (Wildman–Crippen LogP) is 2.62. The number of nitrogens with one attached hydrogen (secondary N) is 1. The molecule has 0 saturated carbocycles. The maximum atomic E-state index is 12.0. The quantitative estimate of drug-likeness (QED) is 0.837. The Kier molecular flexibility index (Phi) is 4.66. The Labute approximate surface area is 131 Å². The van der Waals surface area contributed by atoms with Crippen LogP contribution in [0.15, 0.2) is 24.3 Å². The summed E-state index contributed by atoms with van der Waals surface area (Å²) in [4.78, 5) is 12.0. The first-order chi connectivity index (χ1) is 10.2. The summed E-state index contributed by atoms with van der Waals surface area (Å²) < 4.78 is 10.9. The van der Waals surface area contributed by atoms with Gasteiger partial charge in [-0.3, -0.25) is 0 Å². The molecule has 0 atom stereocenters. The van der Waals surface area contributed by atoms with Crippen LogP contribution in [0.3, 0.4) is 0 Å². The SMILES string of the molecule is CC1(C)CC(OC(=O)COc2cccc(O)c2)CC(C)(C)N1. The van der Waals surface area contributed by atoms with Crippen LogP contribution < -0.4 is 10.1 Å². The summed E-state index contributed by atoms with van der Waals surface area (Å²) in [6.07, 6.45) is 1.43. The third-order valence-electron chi connectivity index (χ3n) is 3.63. The predicted molar refractivity (Wildman–Crippen MR) is 84.0 cm³/mol. The standard InChI is InChI=1S/C17H25NO4/c1-16(2)9-14(10-17(3,4)18-16)22-15(20)11-21-13-7-5-6-12(19)8-13/h5-8,14,18-19H,9-11H2,1-4H3. The van der Waals surface area contributed by atoms with Crippen LogP contribution in [0.5, 0.6) is 11.5 Å². The van der Waals surface area contributed by atoms with E-state index >= 15 is 0 Å². The smallest absolute Gasteiger partial charge is 0.344 e. The van der Waals surface area contributed by atoms with Crippen LogP contribution in [0.4, 0.5) is 0 Å². The van der Waals surface area contributed by atoms with Gasteiger partial charge in [0.05, 0.1) is 0 Å². The summed E-state index contributed by atoms with van der Waals surface area (Å²) in [5, 5.41) is 12.9. The van der Waals surface area contributed by atoms with Crippen molar-refractivity contribution < 1.29 is 19.4 Å². The average molecular weight is 307 g/mol. The number of benzene rings is 1. The van der Waals surface area contributed by atoms with Crippen LogP contribution in [0.2, 0.25) is 0 Å². The van der Waals surface area contributed by atoms with Gasteiger partial charge in [-0.05, 0) is 39.8 Å². The molecule has 0 aromatic heterocycles. The van der Waals surface area contributed by atoms with Crippen molar-refractivity contribution in [2.45, 2.75) is 57.7 Å². The van der Waals surface area contributed by atoms with Crippen LogP contribution in [0.1, 0.15) is 40.5 Å². The molecular weight excluding hydrogens is 282 g/mol. The minimum Gasteiger partial charge on any atom is -0.508 e. The molecule has 2 N–H and O–H groups in total. The van der Waals surface area contributed by atoms with Gasteiger partial charge in [0.2, 0.25) is 0 Å². The highest BCUT2D eigenvalue weighted by molar-refractivity contribution is 5.71. The minimum absolute atomic E-state index is 0.0707. The zero-order valence-electron chi connectivity index (χ0n) is 13.7. The van der Waals surface area contributed by atoms with Gasteiger partial charge < -0.3 is 19.9 Å². The summed E-state index contributed by atoms with van der Waals surface area (Å²) in [5.41, 5.74) is -0.141. The highest BCUT2D eigenvalue weighted by atomic mass is 16.6. The summed E-state index contributed by atoms with van der Waals surface area (Å²) >= 11 is 0. The third-order valence-corrected chi connectivity index (χ3v) is 3.63. The maximum absolute atomic E-state index is 12.0. The number of aromatic hydroxyl groups is 1. The highest BCUT2D eigenvalue weighted by Gasteiger charge is 2.39. The van der Waals surface area contributed by atoms with E-state index in [2.05, 4.69) is 33.0 Å². The Morgan fingerprint density at radius 2 is 1.91 bits per heavy atom. The van der Waals surface area contributed by atoms with Crippen LogP contribution in [0, 0.1) is 0 Å². The van der Waals surface area contributed by atoms with Gasteiger partial charge in [-0.1, -0.05) is 6.07 Å². The van der Waals surface area contributed by atoms with E-state index in [4.69, 9.17) is 9.47 Å². The molecule has 5 heteroatoms. The first kappa shape index (κ1) is 16.6. The molecule has 5 nitrogen and oxygen atoms in total. The number of phenols is 1. The van der Waals surface area contributed by atoms with Crippen molar-refractivity contribution >= 4 is 5.97 Å². The maximum Gasteiger partial charge on any atom is 0.344 e. The molecule has 122 valence electrons. The lowest BCUT2D eigenvalue weighted by molar-refractivity contribution is -0.155. The van der Waals surface area contributed by atoms with E-state index in [9.17, 15) is 9.90 Å². The van der Waals surface area contributed by atoms with Crippen LogP contribution >= 0.6 is 0 Å². The molecule has 0 bridgehead atoms. The van der Waals surface area contributed by atoms with E-state index in [0.717, 1.165) is 12.8 Å². The summed E-state index contributed by atoms with van der Waals surface area (Å²) in [6.45, 7) is 8.28. The molecule has 1 aromatic rings. The molecular formula is C17H25NO4. The molecule has 0 spiro atoms. The van der Waals surface area contributed by atoms with E-state index in [1.807, 2.05) is 0 Å². The van der Waals surface area contributed by atoms with Crippen LogP contribution in [-0.2, 0) is 9.53 Å². The summed E-state index contributed by atoms with van der Waals surface area (Å²) in [7, 11) is 0. The number of carbonyl (C=O) groups excluding carboxylic acids is 1. The van der Waals surface area contributed by atoms with Crippen LogP contribution in [-0.4, -0.2) is 34.9 Å².